The first-order valence-electron chi connectivity index (χ1n) is 9.21. The molecular weight excluding hydrogens is 418 g/mol. The summed E-state index contributed by atoms with van der Waals surface area (Å²) in [5.74, 6) is -1.78. The number of rotatable bonds is 7. The summed E-state index contributed by atoms with van der Waals surface area (Å²) in [6.45, 7) is 5.55. The Morgan fingerprint density at radius 1 is 1.24 bits per heavy atom. The summed E-state index contributed by atoms with van der Waals surface area (Å²) in [4.78, 5) is 37.4. The molecule has 1 aliphatic rings. The van der Waals surface area contributed by atoms with Gasteiger partial charge in [-0.15, -0.1) is 11.3 Å². The van der Waals surface area contributed by atoms with Crippen LogP contribution in [0.5, 0.6) is 0 Å². The summed E-state index contributed by atoms with van der Waals surface area (Å²) in [5, 5.41) is 4.24. The number of carbonyl (C=O) groups is 3. The fraction of sp³-hybridized carbons (Fsp3) is 0.611. The van der Waals surface area contributed by atoms with E-state index in [1.165, 1.54) is 22.8 Å². The van der Waals surface area contributed by atoms with Crippen LogP contribution in [0.3, 0.4) is 0 Å². The third-order valence-corrected chi connectivity index (χ3v) is 7.11. The largest absolute Gasteiger partial charge is 0.451 e. The van der Waals surface area contributed by atoms with Gasteiger partial charge in [-0.1, -0.05) is 0 Å². The first-order chi connectivity index (χ1) is 13.4. The molecule has 2 rings (SSSR count). The Bertz CT molecular complexity index is 866. The lowest BCUT2D eigenvalue weighted by atomic mass is 10.1. The molecule has 0 atom stereocenters. The highest BCUT2D eigenvalue weighted by atomic mass is 32.2. The molecule has 1 N–H and O–H groups in total. The molecule has 1 saturated heterocycles. The topological polar surface area (TPSA) is 113 Å². The van der Waals surface area contributed by atoms with Crippen molar-refractivity contribution in [1.82, 2.24) is 14.5 Å². The van der Waals surface area contributed by atoms with Crippen molar-refractivity contribution in [2.24, 2.45) is 0 Å². The van der Waals surface area contributed by atoms with E-state index in [1.807, 2.05) is 20.8 Å². The van der Waals surface area contributed by atoms with E-state index in [1.54, 1.807) is 0 Å². The summed E-state index contributed by atoms with van der Waals surface area (Å²) in [5.41, 5.74) is -0.427. The third-order valence-electron chi connectivity index (χ3n) is 4.15. The van der Waals surface area contributed by atoms with Crippen LogP contribution in [0.2, 0.25) is 0 Å². The predicted molar refractivity (Wildman–Crippen MR) is 108 cm³/mol. The van der Waals surface area contributed by atoms with Crippen LogP contribution in [-0.2, 0) is 24.3 Å². The highest BCUT2D eigenvalue weighted by Crippen LogP contribution is 2.28. The van der Waals surface area contributed by atoms with Gasteiger partial charge in [-0.2, -0.15) is 4.31 Å². The van der Waals surface area contributed by atoms with Crippen molar-refractivity contribution in [3.8, 4) is 0 Å². The third kappa shape index (κ3) is 6.25. The number of ether oxygens (including phenoxy) is 1. The molecule has 2 heterocycles. The second-order valence-electron chi connectivity index (χ2n) is 7.85. The smallest absolute Gasteiger partial charge is 0.350 e. The predicted octanol–water partition coefficient (Wildman–Crippen LogP) is 1.06. The number of carbonyl (C=O) groups excluding carboxylic acids is 3. The highest BCUT2D eigenvalue weighted by molar-refractivity contribution is 7.89. The first-order valence-corrected chi connectivity index (χ1v) is 11.5. The van der Waals surface area contributed by atoms with Crippen molar-refractivity contribution >= 4 is 39.1 Å². The number of hydrogen-bond donors (Lipinski definition) is 1. The lowest BCUT2D eigenvalue weighted by Gasteiger charge is -2.23. The van der Waals surface area contributed by atoms with E-state index in [2.05, 4.69) is 5.32 Å². The van der Waals surface area contributed by atoms with E-state index < -0.39 is 34.0 Å². The van der Waals surface area contributed by atoms with Crippen LogP contribution in [0.1, 0.15) is 43.3 Å². The van der Waals surface area contributed by atoms with Gasteiger partial charge in [0, 0.05) is 25.7 Å². The van der Waals surface area contributed by atoms with Crippen molar-refractivity contribution in [1.29, 1.82) is 0 Å². The van der Waals surface area contributed by atoms with Crippen LogP contribution in [-0.4, -0.2) is 74.2 Å². The monoisotopic (exact) mass is 445 g/mol. The summed E-state index contributed by atoms with van der Waals surface area (Å²) >= 11 is 0.951. The molecule has 0 spiro atoms. The molecular formula is C18H27N3O6S2. The van der Waals surface area contributed by atoms with Crippen LogP contribution in [0.15, 0.2) is 16.3 Å². The van der Waals surface area contributed by atoms with Crippen molar-refractivity contribution in [2.45, 2.75) is 44.0 Å². The number of esters is 1. The molecule has 162 valence electrons. The average molecular weight is 446 g/mol. The van der Waals surface area contributed by atoms with E-state index in [0.29, 0.717) is 13.1 Å². The molecule has 1 fully saturated rings. The Balaban J connectivity index is 1.95. The minimum absolute atomic E-state index is 0.0576. The molecule has 1 aliphatic heterocycles. The Labute approximate surface area is 175 Å². The standard InChI is InChI=1S/C18H27N3O6S2/c1-18(2,3)19-14(22)11-20(4)15(23)12-27-17(24)16-13(7-10-28-16)29(25,26)21-8-5-6-9-21/h7,10H,5-6,8-9,11-12H2,1-4H3,(H,19,22). The molecule has 0 unspecified atom stereocenters. The van der Waals surface area contributed by atoms with Gasteiger partial charge in [-0.05, 0) is 45.1 Å². The van der Waals surface area contributed by atoms with Gasteiger partial charge >= 0.3 is 5.97 Å². The quantitative estimate of drug-likeness (QED) is 0.628. The minimum Gasteiger partial charge on any atom is -0.451 e. The maximum Gasteiger partial charge on any atom is 0.350 e. The number of amides is 2. The van der Waals surface area contributed by atoms with Crippen LogP contribution in [0, 0.1) is 0 Å². The van der Waals surface area contributed by atoms with Gasteiger partial charge in [0.05, 0.1) is 6.54 Å². The number of nitrogens with one attached hydrogen (secondary N) is 1. The zero-order valence-electron chi connectivity index (χ0n) is 17.1. The molecule has 0 saturated carbocycles. The molecule has 29 heavy (non-hydrogen) atoms. The number of likely N-dealkylation sites (N-methyl/N-ethyl adjacent to an activating group) is 1. The zero-order valence-corrected chi connectivity index (χ0v) is 18.7. The second-order valence-corrected chi connectivity index (χ2v) is 10.7. The first kappa shape index (κ1) is 23.3. The fourth-order valence-corrected chi connectivity index (χ4v) is 5.58. The molecule has 0 bridgehead atoms. The number of nitrogens with zero attached hydrogens (tertiary/aromatic N) is 2. The Kier molecular flexibility index (Phi) is 7.41. The van der Waals surface area contributed by atoms with Gasteiger partial charge in [-0.25, -0.2) is 13.2 Å². The maximum absolute atomic E-state index is 12.7. The summed E-state index contributed by atoms with van der Waals surface area (Å²) in [6.07, 6.45) is 1.57. The normalized spacial score (nSPS) is 15.2. The fourth-order valence-electron chi connectivity index (χ4n) is 2.78. The molecule has 11 heteroatoms. The van der Waals surface area contributed by atoms with E-state index in [-0.39, 0.29) is 22.2 Å². The van der Waals surface area contributed by atoms with Crippen molar-refractivity contribution in [3.63, 3.8) is 0 Å². The lowest BCUT2D eigenvalue weighted by Crippen LogP contribution is -2.46. The zero-order chi connectivity index (χ0) is 21.8. The van der Waals surface area contributed by atoms with E-state index in [4.69, 9.17) is 4.74 Å². The van der Waals surface area contributed by atoms with Gasteiger partial charge < -0.3 is 15.0 Å². The summed E-state index contributed by atoms with van der Waals surface area (Å²) < 4.78 is 31.8. The van der Waals surface area contributed by atoms with E-state index >= 15 is 0 Å². The minimum atomic E-state index is -3.76. The number of sulfonamides is 1. The second kappa shape index (κ2) is 9.23. The van der Waals surface area contributed by atoms with Gasteiger partial charge in [0.25, 0.3) is 5.91 Å². The van der Waals surface area contributed by atoms with Gasteiger partial charge in [0.1, 0.15) is 9.77 Å². The highest BCUT2D eigenvalue weighted by Gasteiger charge is 2.32. The Morgan fingerprint density at radius 2 is 1.86 bits per heavy atom. The lowest BCUT2D eigenvalue weighted by molar-refractivity contribution is -0.137. The molecule has 9 nitrogen and oxygen atoms in total. The summed E-state index contributed by atoms with van der Waals surface area (Å²) in [7, 11) is -2.34. The number of thiophene rings is 1. The average Bonchev–Trinajstić information content (AvgIpc) is 3.28. The molecule has 0 aliphatic carbocycles. The van der Waals surface area contributed by atoms with Crippen molar-refractivity contribution < 1.29 is 27.5 Å². The number of hydrogen-bond acceptors (Lipinski definition) is 7. The van der Waals surface area contributed by atoms with E-state index in [9.17, 15) is 22.8 Å². The van der Waals surface area contributed by atoms with Crippen LogP contribution in [0.25, 0.3) is 0 Å². The Morgan fingerprint density at radius 3 is 2.45 bits per heavy atom. The van der Waals surface area contributed by atoms with Gasteiger partial charge in [0.15, 0.2) is 6.61 Å². The summed E-state index contributed by atoms with van der Waals surface area (Å²) in [6, 6.07) is 1.37. The van der Waals surface area contributed by atoms with Crippen molar-refractivity contribution in [2.75, 3.05) is 33.3 Å². The van der Waals surface area contributed by atoms with Crippen LogP contribution < -0.4 is 5.32 Å². The molecule has 0 aromatic carbocycles. The Hall–Kier alpha value is -1.98. The maximum atomic E-state index is 12.7. The molecule has 0 radical (unpaired) electrons. The van der Waals surface area contributed by atoms with Crippen molar-refractivity contribution in [3.05, 3.63) is 16.3 Å². The van der Waals surface area contributed by atoms with Crippen LogP contribution in [0.4, 0.5) is 0 Å². The SMILES string of the molecule is CN(CC(=O)NC(C)(C)C)C(=O)COC(=O)c1sccc1S(=O)(=O)N1CCCC1. The van der Waals surface area contributed by atoms with Gasteiger partial charge in [0.2, 0.25) is 15.9 Å². The van der Waals surface area contributed by atoms with Crippen LogP contribution >= 0.6 is 11.3 Å². The molecule has 2 amide bonds. The van der Waals surface area contributed by atoms with Gasteiger partial charge in [-0.3, -0.25) is 9.59 Å². The molecule has 1 aromatic heterocycles. The van der Waals surface area contributed by atoms with E-state index in [0.717, 1.165) is 29.1 Å². The molecule has 1 aromatic rings.